The standard InChI is InChI=1S/C22H20N4O4S/c27-21(14-25-22-19-5-1-2-6-20(19)31(28,29)26-22)24-13-16-7-9-18(10-8-16)30-15-17-4-3-11-23-12-17/h1-12H,13-15H2,(H,24,27)(H,25,26). The molecule has 31 heavy (non-hydrogen) atoms. The van der Waals surface area contributed by atoms with E-state index in [4.69, 9.17) is 4.74 Å². The number of amides is 1. The molecule has 0 aliphatic carbocycles. The number of sulfonamides is 1. The number of nitrogens with zero attached hydrogens (tertiary/aromatic N) is 2. The molecule has 0 radical (unpaired) electrons. The van der Waals surface area contributed by atoms with Crippen LogP contribution in [0.1, 0.15) is 16.7 Å². The van der Waals surface area contributed by atoms with E-state index < -0.39 is 10.0 Å². The summed E-state index contributed by atoms with van der Waals surface area (Å²) in [6.45, 7) is 0.574. The Morgan fingerprint density at radius 1 is 1.03 bits per heavy atom. The highest BCUT2D eigenvalue weighted by Crippen LogP contribution is 2.22. The average molecular weight is 436 g/mol. The van der Waals surface area contributed by atoms with Gasteiger partial charge < -0.3 is 10.1 Å². The SMILES string of the molecule is O=C(CN=C1NS(=O)(=O)c2ccccc21)NCc1ccc(OCc2cccnc2)cc1. The normalized spacial score (nSPS) is 15.2. The molecule has 1 aliphatic heterocycles. The predicted molar refractivity (Wildman–Crippen MR) is 115 cm³/mol. The zero-order chi connectivity index (χ0) is 21.7. The van der Waals surface area contributed by atoms with Crippen molar-refractivity contribution in [3.63, 3.8) is 0 Å². The van der Waals surface area contributed by atoms with Crippen LogP contribution in [0.15, 0.2) is 82.9 Å². The second-order valence-corrected chi connectivity index (χ2v) is 8.49. The predicted octanol–water partition coefficient (Wildman–Crippen LogP) is 2.02. The van der Waals surface area contributed by atoms with Crippen LogP contribution in [0.25, 0.3) is 0 Å². The number of ether oxygens (including phenoxy) is 1. The molecular weight excluding hydrogens is 416 g/mol. The van der Waals surface area contributed by atoms with E-state index in [1.54, 1.807) is 30.6 Å². The van der Waals surface area contributed by atoms with Crippen LogP contribution in [0.5, 0.6) is 5.75 Å². The number of rotatable bonds is 7. The molecule has 0 atom stereocenters. The number of hydrogen-bond acceptors (Lipinski definition) is 6. The minimum atomic E-state index is -3.61. The van der Waals surface area contributed by atoms with Crippen molar-refractivity contribution < 1.29 is 17.9 Å². The first-order valence-corrected chi connectivity index (χ1v) is 11.0. The number of carbonyl (C=O) groups excluding carboxylic acids is 1. The number of aliphatic imine (C=N–C) groups is 1. The van der Waals surface area contributed by atoms with Gasteiger partial charge in [0.05, 0.1) is 4.90 Å². The van der Waals surface area contributed by atoms with Gasteiger partial charge in [-0.05, 0) is 35.9 Å². The molecule has 2 aromatic carbocycles. The Hall–Kier alpha value is -3.72. The first-order valence-electron chi connectivity index (χ1n) is 9.55. The molecule has 0 saturated heterocycles. The number of hydrogen-bond donors (Lipinski definition) is 2. The molecule has 1 aromatic heterocycles. The number of benzene rings is 2. The third kappa shape index (κ3) is 5.07. The molecule has 2 heterocycles. The van der Waals surface area contributed by atoms with Gasteiger partial charge in [-0.3, -0.25) is 19.5 Å². The van der Waals surface area contributed by atoms with Crippen LogP contribution in [0.2, 0.25) is 0 Å². The molecule has 0 saturated carbocycles. The van der Waals surface area contributed by atoms with Crippen molar-refractivity contribution in [3.05, 3.63) is 89.7 Å². The molecule has 3 aromatic rings. The van der Waals surface area contributed by atoms with Gasteiger partial charge >= 0.3 is 0 Å². The Kier molecular flexibility index (Phi) is 5.94. The van der Waals surface area contributed by atoms with Crippen molar-refractivity contribution in [1.29, 1.82) is 0 Å². The molecule has 2 N–H and O–H groups in total. The fourth-order valence-electron chi connectivity index (χ4n) is 3.01. The zero-order valence-corrected chi connectivity index (χ0v) is 17.3. The van der Waals surface area contributed by atoms with Gasteiger partial charge in [0.15, 0.2) is 0 Å². The third-order valence-corrected chi connectivity index (χ3v) is 5.98. The lowest BCUT2D eigenvalue weighted by atomic mass is 10.2. The van der Waals surface area contributed by atoms with Crippen LogP contribution in [-0.2, 0) is 28.0 Å². The quantitative estimate of drug-likeness (QED) is 0.589. The first-order chi connectivity index (χ1) is 15.0. The highest BCUT2D eigenvalue weighted by atomic mass is 32.2. The van der Waals surface area contributed by atoms with Crippen LogP contribution < -0.4 is 14.8 Å². The maximum atomic E-state index is 12.1. The van der Waals surface area contributed by atoms with Gasteiger partial charge in [-0.25, -0.2) is 8.42 Å². The third-order valence-electron chi connectivity index (χ3n) is 4.58. The van der Waals surface area contributed by atoms with Crippen molar-refractivity contribution in [3.8, 4) is 5.75 Å². The maximum Gasteiger partial charge on any atom is 0.263 e. The molecule has 1 amide bonds. The molecule has 158 valence electrons. The maximum absolute atomic E-state index is 12.1. The summed E-state index contributed by atoms with van der Waals surface area (Å²) in [4.78, 5) is 20.5. The zero-order valence-electron chi connectivity index (χ0n) is 16.5. The van der Waals surface area contributed by atoms with E-state index in [1.165, 1.54) is 6.07 Å². The van der Waals surface area contributed by atoms with Gasteiger partial charge in [0.1, 0.15) is 24.7 Å². The van der Waals surface area contributed by atoms with E-state index in [0.717, 1.165) is 16.9 Å². The Labute approximate surface area is 180 Å². The fraction of sp³-hybridized carbons (Fsp3) is 0.136. The van der Waals surface area contributed by atoms with E-state index >= 15 is 0 Å². The van der Waals surface area contributed by atoms with Crippen LogP contribution in [0, 0.1) is 0 Å². The second-order valence-electron chi connectivity index (χ2n) is 6.84. The van der Waals surface area contributed by atoms with Gasteiger partial charge in [-0.2, -0.15) is 0 Å². The van der Waals surface area contributed by atoms with Crippen molar-refractivity contribution in [2.75, 3.05) is 6.54 Å². The molecule has 1 aliphatic rings. The average Bonchev–Trinajstić information content (AvgIpc) is 3.06. The van der Waals surface area contributed by atoms with Crippen LogP contribution in [-0.4, -0.2) is 31.7 Å². The molecule has 0 bridgehead atoms. The fourth-order valence-corrected chi connectivity index (χ4v) is 4.26. The van der Waals surface area contributed by atoms with E-state index in [2.05, 4.69) is 20.0 Å². The number of nitrogens with one attached hydrogen (secondary N) is 2. The number of fused-ring (bicyclic) bond motifs is 1. The molecule has 0 spiro atoms. The summed E-state index contributed by atoms with van der Waals surface area (Å²) in [5.74, 6) is 0.589. The lowest BCUT2D eigenvalue weighted by Crippen LogP contribution is -2.28. The van der Waals surface area contributed by atoms with Gasteiger partial charge in [0.25, 0.3) is 10.0 Å². The van der Waals surface area contributed by atoms with Crippen LogP contribution >= 0.6 is 0 Å². The lowest BCUT2D eigenvalue weighted by molar-refractivity contribution is -0.119. The summed E-state index contributed by atoms with van der Waals surface area (Å²) in [6.07, 6.45) is 3.46. The van der Waals surface area contributed by atoms with Gasteiger partial charge in [0, 0.05) is 30.1 Å². The minimum absolute atomic E-state index is 0.167. The minimum Gasteiger partial charge on any atom is -0.489 e. The Balaban J connectivity index is 1.28. The molecule has 0 fully saturated rings. The number of aromatic nitrogens is 1. The summed E-state index contributed by atoms with van der Waals surface area (Å²) in [6, 6.07) is 17.7. The highest BCUT2D eigenvalue weighted by Gasteiger charge is 2.30. The molecule has 8 nitrogen and oxygen atoms in total. The van der Waals surface area contributed by atoms with E-state index in [0.29, 0.717) is 18.7 Å². The Morgan fingerprint density at radius 3 is 2.61 bits per heavy atom. The number of amidine groups is 1. The smallest absolute Gasteiger partial charge is 0.263 e. The van der Waals surface area contributed by atoms with E-state index in [-0.39, 0.29) is 23.2 Å². The van der Waals surface area contributed by atoms with Crippen molar-refractivity contribution in [2.45, 2.75) is 18.0 Å². The van der Waals surface area contributed by atoms with Gasteiger partial charge in [0.2, 0.25) is 5.91 Å². The summed E-state index contributed by atoms with van der Waals surface area (Å²) < 4.78 is 32.2. The lowest BCUT2D eigenvalue weighted by Gasteiger charge is -2.08. The van der Waals surface area contributed by atoms with Gasteiger partial charge in [-0.1, -0.05) is 30.3 Å². The summed E-state index contributed by atoms with van der Waals surface area (Å²) in [5.41, 5.74) is 2.35. The Morgan fingerprint density at radius 2 is 1.84 bits per heavy atom. The molecular formula is C22H20N4O4S. The molecule has 0 unspecified atom stereocenters. The second kappa shape index (κ2) is 8.97. The van der Waals surface area contributed by atoms with E-state index in [1.807, 2.05) is 36.4 Å². The molecule has 9 heteroatoms. The van der Waals surface area contributed by atoms with Crippen LogP contribution in [0.3, 0.4) is 0 Å². The van der Waals surface area contributed by atoms with Gasteiger partial charge in [-0.15, -0.1) is 0 Å². The number of pyridine rings is 1. The van der Waals surface area contributed by atoms with Crippen molar-refractivity contribution >= 4 is 21.8 Å². The monoisotopic (exact) mass is 436 g/mol. The van der Waals surface area contributed by atoms with Crippen molar-refractivity contribution in [1.82, 2.24) is 15.0 Å². The Bertz CT molecular complexity index is 1210. The van der Waals surface area contributed by atoms with E-state index in [9.17, 15) is 13.2 Å². The molecule has 4 rings (SSSR count). The first kappa shape index (κ1) is 20.5. The summed E-state index contributed by atoms with van der Waals surface area (Å²) >= 11 is 0. The van der Waals surface area contributed by atoms with Crippen molar-refractivity contribution in [2.24, 2.45) is 4.99 Å². The summed E-state index contributed by atoms with van der Waals surface area (Å²) in [5, 5.41) is 2.77. The van der Waals surface area contributed by atoms with Crippen LogP contribution in [0.4, 0.5) is 0 Å². The summed E-state index contributed by atoms with van der Waals surface area (Å²) in [7, 11) is -3.61. The largest absolute Gasteiger partial charge is 0.489 e. The topological polar surface area (TPSA) is 110 Å². The number of carbonyl (C=O) groups is 1. The highest BCUT2D eigenvalue weighted by molar-refractivity contribution is 7.90.